The van der Waals surface area contributed by atoms with Crippen molar-refractivity contribution < 1.29 is 47.3 Å². The van der Waals surface area contributed by atoms with Crippen LogP contribution in [-0.2, 0) is 14.9 Å². The molecule has 1 atom stereocenters. The van der Waals surface area contributed by atoms with Crippen molar-refractivity contribution >= 4 is 33.3 Å². The molecule has 1 N–H and O–H groups in total. The van der Waals surface area contributed by atoms with Gasteiger partial charge in [0.1, 0.15) is 10.1 Å². The Morgan fingerprint density at radius 3 is 2.45 bits per heavy atom. The first-order chi connectivity index (χ1) is 8.70. The molecule has 1 saturated heterocycles. The van der Waals surface area contributed by atoms with Crippen molar-refractivity contribution in [2.75, 3.05) is 5.01 Å². The van der Waals surface area contributed by atoms with Gasteiger partial charge < -0.3 is 4.55 Å². The number of hydrogen-bond acceptors (Lipinski definition) is 5. The second-order valence-corrected chi connectivity index (χ2v) is 6.27. The molecule has 1 aliphatic rings. The van der Waals surface area contributed by atoms with E-state index in [1.165, 1.54) is 11.1 Å². The molecule has 0 aliphatic carbocycles. The molecule has 1 amide bonds. The van der Waals surface area contributed by atoms with E-state index in [1.807, 2.05) is 6.92 Å². The fourth-order valence-corrected chi connectivity index (χ4v) is 3.01. The molecule has 1 aromatic rings. The van der Waals surface area contributed by atoms with Crippen LogP contribution in [0.25, 0.3) is 0 Å². The minimum absolute atomic E-state index is 0. The molecule has 1 fully saturated rings. The van der Waals surface area contributed by atoms with Crippen LogP contribution in [0.2, 0.25) is 5.02 Å². The van der Waals surface area contributed by atoms with E-state index in [2.05, 4.69) is 5.43 Å². The minimum Gasteiger partial charge on any atom is -0.744 e. The standard InChI is InChI=1S/C11H13ClN2O4S.Na/c1-6-3-8(19(16,17)18)5-9(12)11(6)14-10(15)4-7(2)13-14;/h3,5,7,13H,4H2,1-2H3,(H,16,17,18);/q;+1/p-1. The van der Waals surface area contributed by atoms with Crippen LogP contribution in [0.3, 0.4) is 0 Å². The zero-order valence-electron chi connectivity index (χ0n) is 11.3. The maximum atomic E-state index is 11.8. The smallest absolute Gasteiger partial charge is 0.744 e. The molecule has 0 radical (unpaired) electrons. The number of carbonyl (C=O) groups excluding carboxylic acids is 1. The summed E-state index contributed by atoms with van der Waals surface area (Å²) < 4.78 is 32.9. The third-order valence-corrected chi connectivity index (χ3v) is 3.92. The minimum atomic E-state index is -4.57. The van der Waals surface area contributed by atoms with Crippen molar-refractivity contribution in [1.82, 2.24) is 5.43 Å². The van der Waals surface area contributed by atoms with E-state index in [1.54, 1.807) is 6.92 Å². The Bertz CT molecular complexity index is 627. The number of halogens is 1. The van der Waals surface area contributed by atoms with E-state index in [0.29, 0.717) is 17.7 Å². The van der Waals surface area contributed by atoms with Gasteiger partial charge in [-0.25, -0.2) is 18.9 Å². The van der Waals surface area contributed by atoms with Gasteiger partial charge in [0, 0.05) is 12.5 Å². The second-order valence-electron chi connectivity index (χ2n) is 4.49. The predicted octanol–water partition coefficient (Wildman–Crippen LogP) is -1.81. The summed E-state index contributed by atoms with van der Waals surface area (Å²) in [6.45, 7) is 3.44. The van der Waals surface area contributed by atoms with Crippen molar-refractivity contribution in [3.63, 3.8) is 0 Å². The number of amides is 1. The van der Waals surface area contributed by atoms with E-state index in [-0.39, 0.29) is 46.5 Å². The molecular formula is C11H12ClN2NaO4S. The molecule has 2 rings (SSSR count). The normalized spacial score (nSPS) is 19.1. The summed E-state index contributed by atoms with van der Waals surface area (Å²) in [4.78, 5) is 11.4. The molecule has 0 aromatic heterocycles. The molecule has 1 unspecified atom stereocenters. The van der Waals surface area contributed by atoms with Crippen molar-refractivity contribution in [3.05, 3.63) is 22.7 Å². The molecule has 0 bridgehead atoms. The summed E-state index contributed by atoms with van der Waals surface area (Å²) in [5.41, 5.74) is 3.75. The second kappa shape index (κ2) is 6.31. The number of rotatable bonds is 2. The van der Waals surface area contributed by atoms with Crippen LogP contribution < -0.4 is 40.0 Å². The molecule has 9 heteroatoms. The molecule has 1 aromatic carbocycles. The van der Waals surface area contributed by atoms with Gasteiger partial charge >= 0.3 is 29.6 Å². The van der Waals surface area contributed by atoms with Gasteiger partial charge in [-0.05, 0) is 31.5 Å². The number of anilines is 1. The van der Waals surface area contributed by atoms with E-state index < -0.39 is 15.0 Å². The molecule has 1 aliphatic heterocycles. The van der Waals surface area contributed by atoms with Crippen LogP contribution in [0, 0.1) is 6.92 Å². The van der Waals surface area contributed by atoms with Gasteiger partial charge in [-0.15, -0.1) is 0 Å². The van der Waals surface area contributed by atoms with Crippen LogP contribution in [0.4, 0.5) is 5.69 Å². The summed E-state index contributed by atoms with van der Waals surface area (Å²) in [6.07, 6.45) is 0.331. The number of aryl methyl sites for hydroxylation is 1. The molecule has 6 nitrogen and oxygen atoms in total. The first-order valence-electron chi connectivity index (χ1n) is 5.55. The molecule has 1 heterocycles. The molecule has 0 spiro atoms. The third-order valence-electron chi connectivity index (χ3n) is 2.82. The SMILES string of the molecule is Cc1cc(S(=O)(=O)[O-])cc(Cl)c1N1NC(C)CC1=O.[Na+]. The van der Waals surface area contributed by atoms with Crippen molar-refractivity contribution in [2.24, 2.45) is 0 Å². The molecular weight excluding hydrogens is 315 g/mol. The average molecular weight is 327 g/mol. The van der Waals surface area contributed by atoms with Gasteiger partial charge in [0.25, 0.3) is 0 Å². The summed E-state index contributed by atoms with van der Waals surface area (Å²) in [7, 11) is -4.57. The van der Waals surface area contributed by atoms with Crippen molar-refractivity contribution in [3.8, 4) is 0 Å². The number of nitrogens with zero attached hydrogens (tertiary/aromatic N) is 1. The Morgan fingerprint density at radius 1 is 1.45 bits per heavy atom. The van der Waals surface area contributed by atoms with Gasteiger partial charge in [0.05, 0.1) is 15.6 Å². The van der Waals surface area contributed by atoms with Crippen LogP contribution in [0.15, 0.2) is 17.0 Å². The van der Waals surface area contributed by atoms with Crippen LogP contribution >= 0.6 is 11.6 Å². The largest absolute Gasteiger partial charge is 1.00 e. The van der Waals surface area contributed by atoms with Gasteiger partial charge in [0.2, 0.25) is 5.91 Å². The molecule has 0 saturated carbocycles. The third kappa shape index (κ3) is 3.54. The van der Waals surface area contributed by atoms with Crippen molar-refractivity contribution in [1.29, 1.82) is 0 Å². The summed E-state index contributed by atoms with van der Waals surface area (Å²) >= 11 is 6.00. The van der Waals surface area contributed by atoms with E-state index in [0.717, 1.165) is 6.07 Å². The Morgan fingerprint density at radius 2 is 2.05 bits per heavy atom. The van der Waals surface area contributed by atoms with Gasteiger partial charge in [0.15, 0.2) is 0 Å². The molecule has 20 heavy (non-hydrogen) atoms. The Labute approximate surface area is 144 Å². The van der Waals surface area contributed by atoms with E-state index in [4.69, 9.17) is 11.6 Å². The monoisotopic (exact) mass is 326 g/mol. The first kappa shape index (κ1) is 17.9. The average Bonchev–Trinajstić information content (AvgIpc) is 2.55. The Kier molecular flexibility index (Phi) is 5.65. The van der Waals surface area contributed by atoms with Crippen molar-refractivity contribution in [2.45, 2.75) is 31.2 Å². The summed E-state index contributed by atoms with van der Waals surface area (Å²) in [6, 6.07) is 2.25. The maximum absolute atomic E-state index is 11.8. The first-order valence-corrected chi connectivity index (χ1v) is 7.34. The summed E-state index contributed by atoms with van der Waals surface area (Å²) in [5.74, 6) is -0.157. The van der Waals surface area contributed by atoms with E-state index in [9.17, 15) is 17.8 Å². The number of carbonyl (C=O) groups is 1. The quantitative estimate of drug-likeness (QED) is 0.511. The number of nitrogens with one attached hydrogen (secondary N) is 1. The predicted molar refractivity (Wildman–Crippen MR) is 68.9 cm³/mol. The van der Waals surface area contributed by atoms with Gasteiger partial charge in [-0.3, -0.25) is 4.79 Å². The molecule has 104 valence electrons. The van der Waals surface area contributed by atoms with Crippen LogP contribution in [0.1, 0.15) is 18.9 Å². The number of benzene rings is 1. The Balaban J connectivity index is 0.00000200. The van der Waals surface area contributed by atoms with E-state index >= 15 is 0 Å². The number of hydrazine groups is 1. The summed E-state index contributed by atoms with van der Waals surface area (Å²) in [5, 5.41) is 1.34. The van der Waals surface area contributed by atoms with Gasteiger partial charge in [-0.1, -0.05) is 11.6 Å². The maximum Gasteiger partial charge on any atom is 1.00 e. The zero-order chi connectivity index (χ0) is 14.4. The van der Waals surface area contributed by atoms with Crippen LogP contribution in [-0.4, -0.2) is 24.9 Å². The van der Waals surface area contributed by atoms with Crippen LogP contribution in [0.5, 0.6) is 0 Å². The Hall–Kier alpha value is -0.150. The fourth-order valence-electron chi connectivity index (χ4n) is 2.01. The van der Waals surface area contributed by atoms with Gasteiger partial charge in [-0.2, -0.15) is 0 Å². The number of hydrogen-bond donors (Lipinski definition) is 1. The topological polar surface area (TPSA) is 89.5 Å². The zero-order valence-corrected chi connectivity index (χ0v) is 14.9. The fraction of sp³-hybridized carbons (Fsp3) is 0.364.